The maximum absolute atomic E-state index is 11.1. The zero-order valence-corrected chi connectivity index (χ0v) is 9.03. The normalized spacial score (nSPS) is 10.2. The second-order valence-corrected chi connectivity index (χ2v) is 3.54. The van der Waals surface area contributed by atoms with Gasteiger partial charge in [0.2, 0.25) is 0 Å². The Bertz CT molecular complexity index is 617. The van der Waals surface area contributed by atoms with Crippen LogP contribution in [0.2, 0.25) is 0 Å². The maximum atomic E-state index is 11.1. The Kier molecular flexibility index (Phi) is 2.70. The standard InChI is InChI=1S/C11H9N3O3/c1-13-7-9(6-12-11(13)15)8-2-4-10(5-3-8)14(16)17/h2-7H,1H3. The van der Waals surface area contributed by atoms with Crippen molar-refractivity contribution in [1.29, 1.82) is 0 Å². The summed E-state index contributed by atoms with van der Waals surface area (Å²) in [6.07, 6.45) is 3.08. The summed E-state index contributed by atoms with van der Waals surface area (Å²) in [5.41, 5.74) is 1.21. The minimum absolute atomic E-state index is 0.0338. The molecule has 0 aliphatic carbocycles. The van der Waals surface area contributed by atoms with Gasteiger partial charge in [-0.15, -0.1) is 0 Å². The van der Waals surface area contributed by atoms with Gasteiger partial charge in [-0.25, -0.2) is 9.78 Å². The van der Waals surface area contributed by atoms with Crippen LogP contribution in [0.25, 0.3) is 11.1 Å². The highest BCUT2D eigenvalue weighted by molar-refractivity contribution is 5.62. The van der Waals surface area contributed by atoms with Crippen molar-refractivity contribution < 1.29 is 4.92 Å². The highest BCUT2D eigenvalue weighted by Gasteiger charge is 2.05. The lowest BCUT2D eigenvalue weighted by atomic mass is 10.1. The second-order valence-electron chi connectivity index (χ2n) is 3.54. The molecular weight excluding hydrogens is 222 g/mol. The molecule has 1 aromatic heterocycles. The number of hydrogen-bond donors (Lipinski definition) is 0. The average molecular weight is 231 g/mol. The lowest BCUT2D eigenvalue weighted by Gasteiger charge is -2.02. The van der Waals surface area contributed by atoms with Gasteiger partial charge in [0.15, 0.2) is 0 Å². The number of aromatic nitrogens is 2. The van der Waals surface area contributed by atoms with Gasteiger partial charge in [0, 0.05) is 37.1 Å². The van der Waals surface area contributed by atoms with Gasteiger partial charge >= 0.3 is 5.69 Å². The molecule has 1 heterocycles. The van der Waals surface area contributed by atoms with Crippen LogP contribution in [0.1, 0.15) is 0 Å². The van der Waals surface area contributed by atoms with E-state index in [0.717, 1.165) is 11.1 Å². The van der Waals surface area contributed by atoms with Crippen LogP contribution < -0.4 is 5.69 Å². The molecule has 0 aliphatic heterocycles. The maximum Gasteiger partial charge on any atom is 0.347 e. The lowest BCUT2D eigenvalue weighted by Crippen LogP contribution is -2.18. The fourth-order valence-electron chi connectivity index (χ4n) is 1.44. The van der Waals surface area contributed by atoms with Crippen LogP contribution in [0.15, 0.2) is 41.5 Å². The van der Waals surface area contributed by atoms with E-state index in [-0.39, 0.29) is 11.4 Å². The smallest absolute Gasteiger partial charge is 0.302 e. The second kappa shape index (κ2) is 4.17. The SMILES string of the molecule is Cn1cc(-c2ccc([N+](=O)[O-])cc2)cnc1=O. The van der Waals surface area contributed by atoms with Crippen LogP contribution in [-0.4, -0.2) is 14.5 Å². The number of rotatable bonds is 2. The fourth-order valence-corrected chi connectivity index (χ4v) is 1.44. The molecule has 0 atom stereocenters. The first kappa shape index (κ1) is 11.0. The summed E-state index contributed by atoms with van der Waals surface area (Å²) in [4.78, 5) is 24.8. The summed E-state index contributed by atoms with van der Waals surface area (Å²) in [6.45, 7) is 0. The third kappa shape index (κ3) is 2.20. The molecule has 2 aromatic rings. The molecule has 0 N–H and O–H groups in total. The molecule has 0 spiro atoms. The first-order valence-corrected chi connectivity index (χ1v) is 4.85. The van der Waals surface area contributed by atoms with Gasteiger partial charge in [0.25, 0.3) is 5.69 Å². The first-order valence-electron chi connectivity index (χ1n) is 4.85. The largest absolute Gasteiger partial charge is 0.347 e. The molecule has 0 unspecified atom stereocenters. The zero-order chi connectivity index (χ0) is 12.4. The number of benzene rings is 1. The van der Waals surface area contributed by atoms with Crippen LogP contribution in [0.4, 0.5) is 5.69 Å². The van der Waals surface area contributed by atoms with Crippen molar-refractivity contribution >= 4 is 5.69 Å². The van der Waals surface area contributed by atoms with Crippen molar-refractivity contribution in [2.45, 2.75) is 0 Å². The van der Waals surface area contributed by atoms with E-state index in [9.17, 15) is 14.9 Å². The summed E-state index contributed by atoms with van der Waals surface area (Å²) < 4.78 is 1.36. The van der Waals surface area contributed by atoms with Gasteiger partial charge in [-0.2, -0.15) is 0 Å². The van der Waals surface area contributed by atoms with Gasteiger partial charge < -0.3 is 4.57 Å². The van der Waals surface area contributed by atoms with E-state index in [1.165, 1.54) is 22.9 Å². The summed E-state index contributed by atoms with van der Waals surface area (Å²) in [5.74, 6) is 0. The van der Waals surface area contributed by atoms with Crippen LogP contribution in [-0.2, 0) is 7.05 Å². The molecule has 6 nitrogen and oxygen atoms in total. The molecule has 2 rings (SSSR count). The molecule has 6 heteroatoms. The topological polar surface area (TPSA) is 78.0 Å². The Morgan fingerprint density at radius 2 is 1.88 bits per heavy atom. The van der Waals surface area contributed by atoms with Gasteiger partial charge in [0.1, 0.15) is 0 Å². The van der Waals surface area contributed by atoms with E-state index in [2.05, 4.69) is 4.98 Å². The molecule has 0 saturated heterocycles. The van der Waals surface area contributed by atoms with Gasteiger partial charge in [-0.1, -0.05) is 0 Å². The number of non-ortho nitro benzene ring substituents is 1. The molecule has 17 heavy (non-hydrogen) atoms. The third-order valence-corrected chi connectivity index (χ3v) is 2.36. The number of hydrogen-bond acceptors (Lipinski definition) is 4. The molecule has 0 amide bonds. The fraction of sp³-hybridized carbons (Fsp3) is 0.0909. The minimum Gasteiger partial charge on any atom is -0.302 e. The Hall–Kier alpha value is -2.50. The van der Waals surface area contributed by atoms with Crippen LogP contribution in [0.3, 0.4) is 0 Å². The van der Waals surface area contributed by atoms with Crippen LogP contribution >= 0.6 is 0 Å². The molecule has 0 aliphatic rings. The van der Waals surface area contributed by atoms with Gasteiger partial charge in [-0.3, -0.25) is 10.1 Å². The highest BCUT2D eigenvalue weighted by Crippen LogP contribution is 2.20. The molecule has 1 aromatic carbocycles. The first-order chi connectivity index (χ1) is 8.08. The van der Waals surface area contributed by atoms with E-state index < -0.39 is 4.92 Å². The third-order valence-electron chi connectivity index (χ3n) is 2.36. The Balaban J connectivity index is 2.43. The van der Waals surface area contributed by atoms with E-state index in [1.54, 1.807) is 25.4 Å². The lowest BCUT2D eigenvalue weighted by molar-refractivity contribution is -0.384. The molecule has 0 fully saturated rings. The predicted molar refractivity (Wildman–Crippen MR) is 61.6 cm³/mol. The van der Waals surface area contributed by atoms with Crippen molar-refractivity contribution in [2.24, 2.45) is 7.05 Å². The minimum atomic E-state index is -0.456. The Morgan fingerprint density at radius 1 is 1.24 bits per heavy atom. The Morgan fingerprint density at radius 3 is 2.41 bits per heavy atom. The summed E-state index contributed by atoms with van der Waals surface area (Å²) >= 11 is 0. The zero-order valence-electron chi connectivity index (χ0n) is 9.03. The molecule has 0 saturated carbocycles. The predicted octanol–water partition coefficient (Wildman–Crippen LogP) is 1.36. The molecule has 0 bridgehead atoms. The van der Waals surface area contributed by atoms with Crippen LogP contribution in [0, 0.1) is 10.1 Å². The quantitative estimate of drug-likeness (QED) is 0.577. The van der Waals surface area contributed by atoms with Crippen molar-refractivity contribution in [3.05, 3.63) is 57.3 Å². The van der Waals surface area contributed by atoms with Gasteiger partial charge in [0.05, 0.1) is 4.92 Å². The molecule has 0 radical (unpaired) electrons. The molecular formula is C11H9N3O3. The number of nitrogens with zero attached hydrogens (tertiary/aromatic N) is 3. The van der Waals surface area contributed by atoms with Crippen molar-refractivity contribution in [3.63, 3.8) is 0 Å². The summed E-state index contributed by atoms with van der Waals surface area (Å²) in [5, 5.41) is 10.5. The monoisotopic (exact) mass is 231 g/mol. The van der Waals surface area contributed by atoms with E-state index in [0.29, 0.717) is 0 Å². The van der Waals surface area contributed by atoms with Crippen molar-refractivity contribution in [1.82, 2.24) is 9.55 Å². The van der Waals surface area contributed by atoms with Crippen molar-refractivity contribution in [2.75, 3.05) is 0 Å². The Labute approximate surface area is 96.3 Å². The summed E-state index contributed by atoms with van der Waals surface area (Å²) in [6, 6.07) is 6.08. The van der Waals surface area contributed by atoms with Crippen LogP contribution in [0.5, 0.6) is 0 Å². The van der Waals surface area contributed by atoms with E-state index in [4.69, 9.17) is 0 Å². The van der Waals surface area contributed by atoms with Gasteiger partial charge in [-0.05, 0) is 17.7 Å². The van der Waals surface area contributed by atoms with E-state index in [1.807, 2.05) is 0 Å². The van der Waals surface area contributed by atoms with Crippen molar-refractivity contribution in [3.8, 4) is 11.1 Å². The van der Waals surface area contributed by atoms with E-state index >= 15 is 0 Å². The molecule has 86 valence electrons. The average Bonchev–Trinajstić information content (AvgIpc) is 2.33. The number of nitro groups is 1. The number of aryl methyl sites for hydroxylation is 1. The summed E-state index contributed by atoms with van der Waals surface area (Å²) in [7, 11) is 1.60. The highest BCUT2D eigenvalue weighted by atomic mass is 16.6. The number of nitro benzene ring substituents is 1.